The van der Waals surface area contributed by atoms with Crippen molar-refractivity contribution in [3.8, 4) is 0 Å². The minimum Gasteiger partial charge on any atom is -0.423 e. The second-order valence-corrected chi connectivity index (χ2v) is 6.04. The number of aryl methyl sites for hydroxylation is 1. The van der Waals surface area contributed by atoms with E-state index in [0.29, 0.717) is 17.6 Å². The van der Waals surface area contributed by atoms with Crippen LogP contribution in [0, 0.1) is 12.8 Å². The van der Waals surface area contributed by atoms with E-state index in [1.807, 2.05) is 24.3 Å². The summed E-state index contributed by atoms with van der Waals surface area (Å²) < 4.78 is 10.8. The average molecular weight is 326 g/mol. The molecule has 1 fully saturated rings. The van der Waals surface area contributed by atoms with Gasteiger partial charge in [-0.15, -0.1) is 0 Å². The predicted molar refractivity (Wildman–Crippen MR) is 88.8 cm³/mol. The first kappa shape index (κ1) is 14.7. The molecule has 1 aliphatic rings. The number of hydrogen-bond acceptors (Lipinski definition) is 6. The second-order valence-electron chi connectivity index (χ2n) is 6.04. The summed E-state index contributed by atoms with van der Waals surface area (Å²) in [5.74, 6) is 1.10. The van der Waals surface area contributed by atoms with E-state index < -0.39 is 0 Å². The summed E-state index contributed by atoms with van der Waals surface area (Å²) in [5, 5.41) is 6.60. The number of anilines is 2. The van der Waals surface area contributed by atoms with Crippen LogP contribution in [0.2, 0.25) is 0 Å². The molecule has 4 rings (SSSR count). The molecule has 0 spiro atoms. The third-order valence-corrected chi connectivity index (χ3v) is 4.30. The van der Waals surface area contributed by atoms with Crippen molar-refractivity contribution >= 4 is 28.8 Å². The summed E-state index contributed by atoms with van der Waals surface area (Å²) in [6.45, 7) is 3.27. The van der Waals surface area contributed by atoms with Gasteiger partial charge in [0.15, 0.2) is 11.4 Å². The lowest BCUT2D eigenvalue weighted by atomic mass is 9.96. The van der Waals surface area contributed by atoms with E-state index in [-0.39, 0.29) is 11.8 Å². The number of hydrogen-bond donors (Lipinski definition) is 1. The molecule has 7 heteroatoms. The molecule has 1 amide bonds. The highest BCUT2D eigenvalue weighted by atomic mass is 16.5. The minimum atomic E-state index is -0.0392. The summed E-state index contributed by atoms with van der Waals surface area (Å²) in [6, 6.07) is 10.1. The summed E-state index contributed by atoms with van der Waals surface area (Å²) >= 11 is 0. The Morgan fingerprint density at radius 3 is 2.79 bits per heavy atom. The fourth-order valence-electron chi connectivity index (χ4n) is 2.98. The molecule has 3 aromatic rings. The van der Waals surface area contributed by atoms with Crippen molar-refractivity contribution in [3.63, 3.8) is 0 Å². The number of aromatic nitrogens is 2. The van der Waals surface area contributed by atoms with E-state index in [0.717, 1.165) is 37.0 Å². The molecule has 1 saturated heterocycles. The van der Waals surface area contributed by atoms with Crippen LogP contribution in [-0.2, 0) is 4.79 Å². The molecular formula is C17H18N4O3. The largest absolute Gasteiger partial charge is 0.423 e. The number of benzene rings is 1. The molecule has 1 aliphatic heterocycles. The summed E-state index contributed by atoms with van der Waals surface area (Å²) in [6.07, 6.45) is 1.50. The highest BCUT2D eigenvalue weighted by Gasteiger charge is 2.27. The van der Waals surface area contributed by atoms with Gasteiger partial charge < -0.3 is 19.2 Å². The zero-order valence-corrected chi connectivity index (χ0v) is 13.4. The first-order valence-corrected chi connectivity index (χ1v) is 8.04. The molecule has 2 aromatic heterocycles. The molecular weight excluding hydrogens is 308 g/mol. The number of fused-ring (bicyclic) bond motifs is 1. The summed E-state index contributed by atoms with van der Waals surface area (Å²) in [4.78, 5) is 18.9. The first-order valence-electron chi connectivity index (χ1n) is 8.04. The molecule has 1 N–H and O–H groups in total. The fraction of sp³-hybridized carbons (Fsp3) is 0.353. The van der Waals surface area contributed by atoms with Gasteiger partial charge in [-0.25, -0.2) is 0 Å². The van der Waals surface area contributed by atoms with Crippen LogP contribution in [0.3, 0.4) is 0 Å². The predicted octanol–water partition coefficient (Wildman–Crippen LogP) is 2.98. The van der Waals surface area contributed by atoms with Crippen LogP contribution < -0.4 is 10.2 Å². The van der Waals surface area contributed by atoms with Crippen LogP contribution in [0.5, 0.6) is 0 Å². The van der Waals surface area contributed by atoms with Crippen molar-refractivity contribution in [2.45, 2.75) is 19.8 Å². The Kier molecular flexibility index (Phi) is 3.68. The SMILES string of the molecule is Cc1cc(NC(=O)C2CCN(c3nc4ccccc4o3)CC2)no1. The number of rotatable bonds is 3. The average Bonchev–Trinajstić information content (AvgIpc) is 3.21. The molecule has 3 heterocycles. The van der Waals surface area contributed by atoms with Gasteiger partial charge in [-0.3, -0.25) is 4.79 Å². The van der Waals surface area contributed by atoms with Crippen molar-refractivity contribution in [3.05, 3.63) is 36.1 Å². The third kappa shape index (κ3) is 2.84. The molecule has 0 unspecified atom stereocenters. The number of carbonyl (C=O) groups is 1. The summed E-state index contributed by atoms with van der Waals surface area (Å²) in [7, 11) is 0. The van der Waals surface area contributed by atoms with Crippen LogP contribution in [0.4, 0.5) is 11.8 Å². The van der Waals surface area contributed by atoms with Gasteiger partial charge in [0.05, 0.1) is 0 Å². The number of piperidine rings is 1. The van der Waals surface area contributed by atoms with E-state index >= 15 is 0 Å². The van der Waals surface area contributed by atoms with Crippen molar-refractivity contribution < 1.29 is 13.7 Å². The lowest BCUT2D eigenvalue weighted by molar-refractivity contribution is -0.120. The number of amides is 1. The Labute approximate surface area is 138 Å². The molecule has 0 radical (unpaired) electrons. The maximum atomic E-state index is 12.3. The molecule has 0 saturated carbocycles. The van der Waals surface area contributed by atoms with Crippen LogP contribution in [0.1, 0.15) is 18.6 Å². The van der Waals surface area contributed by atoms with Gasteiger partial charge >= 0.3 is 0 Å². The quantitative estimate of drug-likeness (QED) is 0.796. The van der Waals surface area contributed by atoms with E-state index in [2.05, 4.69) is 20.4 Å². The molecule has 7 nitrogen and oxygen atoms in total. The van der Waals surface area contributed by atoms with Gasteiger partial charge in [-0.05, 0) is 31.9 Å². The number of oxazole rings is 1. The topological polar surface area (TPSA) is 84.4 Å². The second kappa shape index (κ2) is 5.99. The normalized spacial score (nSPS) is 15.8. The molecule has 0 atom stereocenters. The van der Waals surface area contributed by atoms with Crippen molar-refractivity contribution in [2.24, 2.45) is 5.92 Å². The number of nitrogens with one attached hydrogen (secondary N) is 1. The first-order chi connectivity index (χ1) is 11.7. The van der Waals surface area contributed by atoms with Gasteiger partial charge in [0.25, 0.3) is 6.01 Å². The maximum Gasteiger partial charge on any atom is 0.298 e. The van der Waals surface area contributed by atoms with Crippen molar-refractivity contribution in [1.82, 2.24) is 10.1 Å². The Balaban J connectivity index is 1.38. The van der Waals surface area contributed by atoms with Gasteiger partial charge in [0.2, 0.25) is 5.91 Å². The summed E-state index contributed by atoms with van der Waals surface area (Å²) in [5.41, 5.74) is 1.64. The van der Waals surface area contributed by atoms with Crippen molar-refractivity contribution in [1.29, 1.82) is 0 Å². The molecule has 0 aliphatic carbocycles. The minimum absolute atomic E-state index is 0.0134. The van der Waals surface area contributed by atoms with E-state index in [9.17, 15) is 4.79 Å². The Bertz CT molecular complexity index is 828. The van der Waals surface area contributed by atoms with Crippen LogP contribution in [0.15, 0.2) is 39.3 Å². The monoisotopic (exact) mass is 326 g/mol. The standard InChI is InChI=1S/C17H18N4O3/c1-11-10-15(20-24-11)19-16(22)12-6-8-21(9-7-12)17-18-13-4-2-3-5-14(13)23-17/h2-5,10,12H,6-9H2,1H3,(H,19,20,22). The molecule has 0 bridgehead atoms. The molecule has 24 heavy (non-hydrogen) atoms. The van der Waals surface area contributed by atoms with Gasteiger partial charge in [-0.1, -0.05) is 17.3 Å². The number of nitrogens with zero attached hydrogens (tertiary/aromatic N) is 3. The van der Waals surface area contributed by atoms with Gasteiger partial charge in [-0.2, -0.15) is 4.98 Å². The highest BCUT2D eigenvalue weighted by Crippen LogP contribution is 2.26. The maximum absolute atomic E-state index is 12.3. The van der Waals surface area contributed by atoms with Gasteiger partial charge in [0.1, 0.15) is 11.3 Å². The smallest absolute Gasteiger partial charge is 0.298 e. The van der Waals surface area contributed by atoms with Crippen LogP contribution >= 0.6 is 0 Å². The zero-order valence-electron chi connectivity index (χ0n) is 13.4. The van der Waals surface area contributed by atoms with Crippen LogP contribution in [0.25, 0.3) is 11.1 Å². The molecule has 124 valence electrons. The number of para-hydroxylation sites is 2. The number of carbonyl (C=O) groups excluding carboxylic acids is 1. The van der Waals surface area contributed by atoms with E-state index in [1.54, 1.807) is 13.0 Å². The van der Waals surface area contributed by atoms with Crippen LogP contribution in [-0.4, -0.2) is 29.1 Å². The third-order valence-electron chi connectivity index (χ3n) is 4.30. The Hall–Kier alpha value is -2.83. The lowest BCUT2D eigenvalue weighted by Gasteiger charge is -2.29. The van der Waals surface area contributed by atoms with E-state index in [1.165, 1.54) is 0 Å². The Morgan fingerprint density at radius 2 is 2.08 bits per heavy atom. The highest BCUT2D eigenvalue weighted by molar-refractivity contribution is 5.91. The zero-order chi connectivity index (χ0) is 16.5. The fourth-order valence-corrected chi connectivity index (χ4v) is 2.98. The molecule has 1 aromatic carbocycles. The Morgan fingerprint density at radius 1 is 1.29 bits per heavy atom. The van der Waals surface area contributed by atoms with E-state index in [4.69, 9.17) is 8.94 Å². The van der Waals surface area contributed by atoms with Crippen molar-refractivity contribution in [2.75, 3.05) is 23.3 Å². The van der Waals surface area contributed by atoms with Gasteiger partial charge in [0, 0.05) is 25.1 Å². The lowest BCUT2D eigenvalue weighted by Crippen LogP contribution is -2.38.